The van der Waals surface area contributed by atoms with Crippen molar-refractivity contribution in [1.82, 2.24) is 5.32 Å². The van der Waals surface area contributed by atoms with Crippen LogP contribution in [-0.4, -0.2) is 41.5 Å². The van der Waals surface area contributed by atoms with Gasteiger partial charge in [-0.1, -0.05) is 20.8 Å². The number of nitrogens with one attached hydrogen (secondary N) is 1. The summed E-state index contributed by atoms with van der Waals surface area (Å²) in [5.74, 6) is 2.08. The summed E-state index contributed by atoms with van der Waals surface area (Å²) >= 11 is 0. The van der Waals surface area contributed by atoms with E-state index in [-0.39, 0.29) is 0 Å². The van der Waals surface area contributed by atoms with Crippen molar-refractivity contribution in [2.75, 3.05) is 26.0 Å². The van der Waals surface area contributed by atoms with Crippen LogP contribution < -0.4 is 5.32 Å². The molecule has 1 fully saturated rings. The van der Waals surface area contributed by atoms with Gasteiger partial charge in [-0.25, -0.2) is 0 Å². The van der Waals surface area contributed by atoms with Gasteiger partial charge in [0.15, 0.2) is 0 Å². The minimum atomic E-state index is -0.729. The van der Waals surface area contributed by atoms with Crippen LogP contribution in [0.5, 0.6) is 0 Å². The molecule has 5 unspecified atom stereocenters. The normalized spacial score (nSPS) is 33.3. The van der Waals surface area contributed by atoms with Crippen molar-refractivity contribution in [2.24, 2.45) is 11.8 Å². The molecule has 0 aromatic rings. The van der Waals surface area contributed by atoms with Crippen molar-refractivity contribution in [1.29, 1.82) is 0 Å². The van der Waals surface area contributed by atoms with Crippen molar-refractivity contribution in [3.8, 4) is 0 Å². The lowest BCUT2D eigenvalue weighted by atomic mass is 9.80. The summed E-state index contributed by atoms with van der Waals surface area (Å²) in [4.78, 5) is 0. The molecule has 0 amide bonds. The van der Waals surface area contributed by atoms with Crippen molar-refractivity contribution in [3.63, 3.8) is 0 Å². The fourth-order valence-electron chi connectivity index (χ4n) is 3.28. The average molecular weight is 289 g/mol. The molecule has 3 nitrogen and oxygen atoms in total. The highest BCUT2D eigenvalue weighted by atomic mass is 32.2. The van der Waals surface area contributed by atoms with Gasteiger partial charge < -0.3 is 10.1 Å². The van der Waals surface area contributed by atoms with Crippen LogP contribution in [0.3, 0.4) is 0 Å². The van der Waals surface area contributed by atoms with Crippen LogP contribution in [0.25, 0.3) is 0 Å². The average Bonchev–Trinajstić information content (AvgIpc) is 2.35. The smallest absolute Gasteiger partial charge is 0.0526 e. The largest absolute Gasteiger partial charge is 0.385 e. The molecule has 0 aromatic carbocycles. The molecule has 0 aromatic heterocycles. The quantitative estimate of drug-likeness (QED) is 0.698. The zero-order valence-corrected chi connectivity index (χ0v) is 13.8. The maximum Gasteiger partial charge on any atom is 0.0526 e. The molecule has 4 heteroatoms. The van der Waals surface area contributed by atoms with Crippen molar-refractivity contribution < 1.29 is 8.95 Å². The van der Waals surface area contributed by atoms with E-state index in [2.05, 4.69) is 26.1 Å². The first-order valence-corrected chi connectivity index (χ1v) is 9.07. The minimum Gasteiger partial charge on any atom is -0.385 e. The van der Waals surface area contributed by atoms with Crippen molar-refractivity contribution >= 4 is 10.8 Å². The molecule has 0 saturated heterocycles. The topological polar surface area (TPSA) is 38.3 Å². The zero-order valence-electron chi connectivity index (χ0n) is 13.0. The van der Waals surface area contributed by atoms with E-state index in [1.807, 2.05) is 0 Å². The molecule has 0 spiro atoms. The lowest BCUT2D eigenvalue weighted by Gasteiger charge is -2.39. The van der Waals surface area contributed by atoms with Gasteiger partial charge in [0.2, 0.25) is 0 Å². The van der Waals surface area contributed by atoms with Crippen LogP contribution >= 0.6 is 0 Å². The van der Waals surface area contributed by atoms with Gasteiger partial charge in [0.1, 0.15) is 0 Å². The Balaban J connectivity index is 2.59. The maximum absolute atomic E-state index is 12.6. The summed E-state index contributed by atoms with van der Waals surface area (Å²) in [6, 6.07) is 0.432. The summed E-state index contributed by atoms with van der Waals surface area (Å²) in [6.07, 6.45) is 4.43. The molecule has 1 saturated carbocycles. The van der Waals surface area contributed by atoms with Gasteiger partial charge in [0, 0.05) is 36.3 Å². The van der Waals surface area contributed by atoms with E-state index in [0.29, 0.717) is 17.2 Å². The second kappa shape index (κ2) is 9.09. The molecule has 0 bridgehead atoms. The van der Waals surface area contributed by atoms with Gasteiger partial charge in [-0.2, -0.15) is 0 Å². The summed E-state index contributed by atoms with van der Waals surface area (Å²) in [5.41, 5.74) is 0. The van der Waals surface area contributed by atoms with Crippen LogP contribution in [0.15, 0.2) is 0 Å². The van der Waals surface area contributed by atoms with Crippen LogP contribution in [0, 0.1) is 11.8 Å². The highest BCUT2D eigenvalue weighted by molar-refractivity contribution is 7.85. The molecule has 0 aliphatic heterocycles. The number of methoxy groups -OCH3 is 1. The molecule has 0 radical (unpaired) electrons. The van der Waals surface area contributed by atoms with E-state index in [1.165, 1.54) is 12.8 Å². The van der Waals surface area contributed by atoms with Gasteiger partial charge in [-0.05, 0) is 44.1 Å². The minimum absolute atomic E-state index is 0.319. The Bertz CT molecular complexity index is 273. The molecule has 1 rings (SSSR count). The van der Waals surface area contributed by atoms with Crippen LogP contribution in [0.1, 0.15) is 46.5 Å². The van der Waals surface area contributed by atoms with E-state index >= 15 is 0 Å². The second-order valence-electron chi connectivity index (χ2n) is 6.01. The Morgan fingerprint density at radius 2 is 2.05 bits per heavy atom. The number of hydrogen-bond donors (Lipinski definition) is 1. The Morgan fingerprint density at radius 1 is 1.32 bits per heavy atom. The molecule has 1 N–H and O–H groups in total. The number of hydrogen-bond acceptors (Lipinski definition) is 3. The molecule has 5 atom stereocenters. The standard InChI is InChI=1S/C15H31NO2S/c1-5-7-16-14-11-12(2)10-13(3)15(14)19(17)9-6-8-18-4/h12-16H,5-11H2,1-4H3. The molecule has 114 valence electrons. The SMILES string of the molecule is CCCNC1CC(C)CC(C)C1S(=O)CCCOC. The molecule has 1 aliphatic carbocycles. The van der Waals surface area contributed by atoms with Crippen molar-refractivity contribution in [2.45, 2.75) is 57.7 Å². The Morgan fingerprint density at radius 3 is 2.68 bits per heavy atom. The van der Waals surface area contributed by atoms with Crippen LogP contribution in [-0.2, 0) is 15.5 Å². The third kappa shape index (κ3) is 5.52. The summed E-state index contributed by atoms with van der Waals surface area (Å²) in [6.45, 7) is 8.54. The Labute approximate surface area is 121 Å². The fourth-order valence-corrected chi connectivity index (χ4v) is 5.16. The highest BCUT2D eigenvalue weighted by Crippen LogP contribution is 2.32. The number of ether oxygens (including phenoxy) is 1. The van der Waals surface area contributed by atoms with E-state index < -0.39 is 10.8 Å². The lowest BCUT2D eigenvalue weighted by Crippen LogP contribution is -2.50. The third-order valence-electron chi connectivity index (χ3n) is 4.04. The van der Waals surface area contributed by atoms with E-state index in [4.69, 9.17) is 4.74 Å². The molecule has 1 aliphatic rings. The summed E-state index contributed by atoms with van der Waals surface area (Å²) < 4.78 is 17.6. The Kier molecular flexibility index (Phi) is 8.19. The van der Waals surface area contributed by atoms with Crippen molar-refractivity contribution in [3.05, 3.63) is 0 Å². The lowest BCUT2D eigenvalue weighted by molar-refractivity contribution is 0.199. The maximum atomic E-state index is 12.6. The van der Waals surface area contributed by atoms with E-state index in [9.17, 15) is 4.21 Å². The van der Waals surface area contributed by atoms with Crippen LogP contribution in [0.2, 0.25) is 0 Å². The predicted molar refractivity (Wildman–Crippen MR) is 82.9 cm³/mol. The molecular weight excluding hydrogens is 258 g/mol. The Hall–Kier alpha value is 0.0700. The molecule has 19 heavy (non-hydrogen) atoms. The van der Waals surface area contributed by atoms with Gasteiger partial charge in [0.05, 0.1) is 5.25 Å². The fraction of sp³-hybridized carbons (Fsp3) is 1.00. The first kappa shape index (κ1) is 17.1. The van der Waals surface area contributed by atoms with Gasteiger partial charge in [0.25, 0.3) is 0 Å². The molecule has 0 heterocycles. The summed E-state index contributed by atoms with van der Waals surface area (Å²) in [5, 5.41) is 3.95. The number of rotatable bonds is 8. The second-order valence-corrected chi connectivity index (χ2v) is 7.72. The van der Waals surface area contributed by atoms with Gasteiger partial charge in [-0.3, -0.25) is 4.21 Å². The predicted octanol–water partition coefficient (Wildman–Crippen LogP) is 2.57. The first-order valence-electron chi connectivity index (χ1n) is 7.69. The summed E-state index contributed by atoms with van der Waals surface area (Å²) in [7, 11) is 0.979. The van der Waals surface area contributed by atoms with E-state index in [1.54, 1.807) is 7.11 Å². The first-order chi connectivity index (χ1) is 9.10. The highest BCUT2D eigenvalue weighted by Gasteiger charge is 2.37. The molecular formula is C15H31NO2S. The van der Waals surface area contributed by atoms with Gasteiger partial charge >= 0.3 is 0 Å². The zero-order chi connectivity index (χ0) is 14.3. The van der Waals surface area contributed by atoms with Crippen LogP contribution in [0.4, 0.5) is 0 Å². The monoisotopic (exact) mass is 289 g/mol. The third-order valence-corrected chi connectivity index (χ3v) is 6.13. The van der Waals surface area contributed by atoms with E-state index in [0.717, 1.165) is 37.7 Å². The van der Waals surface area contributed by atoms with Gasteiger partial charge in [-0.15, -0.1) is 0 Å².